The molecular weight excluding hydrogens is 524 g/mol. The Morgan fingerprint density at radius 3 is 2.14 bits per heavy atom. The fraction of sp³-hybridized carbons (Fsp3) is 0.120. The second-order valence-electron chi connectivity index (χ2n) is 7.41. The van der Waals surface area contributed by atoms with Crippen LogP contribution in [0.25, 0.3) is 22.1 Å². The summed E-state index contributed by atoms with van der Waals surface area (Å²) in [5, 5.41) is -0.145. The van der Waals surface area contributed by atoms with Gasteiger partial charge < -0.3 is 18.6 Å². The number of halogens is 5. The number of rotatable bonds is 5. The number of alkyl halides is 3. The lowest BCUT2D eigenvalue weighted by Gasteiger charge is -2.14. The van der Waals surface area contributed by atoms with Crippen LogP contribution in [0.3, 0.4) is 0 Å². The minimum absolute atomic E-state index is 0.0662. The molecule has 0 atom stereocenters. The van der Waals surface area contributed by atoms with Crippen molar-refractivity contribution in [3.63, 3.8) is 0 Å². The average molecular weight is 539 g/mol. The first-order valence-electron chi connectivity index (χ1n) is 10.1. The third-order valence-electron chi connectivity index (χ3n) is 5.12. The van der Waals surface area contributed by atoms with Crippen molar-refractivity contribution < 1.29 is 36.6 Å². The summed E-state index contributed by atoms with van der Waals surface area (Å²) in [5.74, 6) is -1.88. The van der Waals surface area contributed by atoms with Gasteiger partial charge in [0, 0.05) is 22.7 Å². The van der Waals surface area contributed by atoms with E-state index in [2.05, 4.69) is 0 Å². The Kier molecular flexibility index (Phi) is 6.88. The molecule has 0 amide bonds. The predicted octanol–water partition coefficient (Wildman–Crippen LogP) is 7.02. The number of methoxy groups -OCH3 is 2. The largest absolute Gasteiger partial charge is 0.497 e. The third-order valence-corrected chi connectivity index (χ3v) is 5.67. The molecule has 0 aliphatic carbocycles. The van der Waals surface area contributed by atoms with Crippen molar-refractivity contribution in [3.05, 3.63) is 86.2 Å². The lowest BCUT2D eigenvalue weighted by atomic mass is 10.0. The van der Waals surface area contributed by atoms with E-state index in [1.54, 1.807) is 6.07 Å². The van der Waals surface area contributed by atoms with Crippen molar-refractivity contribution in [2.45, 2.75) is 6.18 Å². The highest BCUT2D eigenvalue weighted by molar-refractivity contribution is 6.36. The van der Waals surface area contributed by atoms with Crippen molar-refractivity contribution in [2.24, 2.45) is 0 Å². The lowest BCUT2D eigenvalue weighted by molar-refractivity contribution is -0.152. The number of ether oxygens (including phenoxy) is 3. The van der Waals surface area contributed by atoms with Gasteiger partial charge in [-0.15, -0.1) is 0 Å². The molecule has 0 saturated heterocycles. The molecule has 0 bridgehead atoms. The molecule has 0 unspecified atom stereocenters. The van der Waals surface area contributed by atoms with Crippen LogP contribution >= 0.6 is 23.2 Å². The topological polar surface area (TPSA) is 75.0 Å². The van der Waals surface area contributed by atoms with E-state index in [1.165, 1.54) is 56.7 Å². The molecule has 0 aliphatic rings. The second kappa shape index (κ2) is 9.75. The zero-order chi connectivity index (χ0) is 26.2. The van der Waals surface area contributed by atoms with Gasteiger partial charge in [0.2, 0.25) is 11.2 Å². The quantitative estimate of drug-likeness (QED) is 0.201. The van der Waals surface area contributed by atoms with Crippen LogP contribution in [0.1, 0.15) is 16.1 Å². The molecule has 11 heteroatoms. The Labute approximate surface area is 211 Å². The molecule has 1 heterocycles. The molecule has 36 heavy (non-hydrogen) atoms. The van der Waals surface area contributed by atoms with Gasteiger partial charge >= 0.3 is 12.1 Å². The molecule has 0 spiro atoms. The summed E-state index contributed by atoms with van der Waals surface area (Å²) in [4.78, 5) is 25.8. The third kappa shape index (κ3) is 4.98. The van der Waals surface area contributed by atoms with Crippen LogP contribution in [0.5, 0.6) is 17.2 Å². The van der Waals surface area contributed by atoms with E-state index < -0.39 is 34.5 Å². The standard InChI is InChI=1S/C25H15Cl2F3O6/c1-33-15-7-12(8-16(10-15)34-2)24(32)35-14-4-6-18-20(11-14)36-23(25(28,29)30)21(22(18)31)17-5-3-13(26)9-19(17)27/h3-11H,1-2H3. The molecule has 4 aromatic rings. The highest BCUT2D eigenvalue weighted by atomic mass is 35.5. The second-order valence-corrected chi connectivity index (χ2v) is 8.25. The Morgan fingerprint density at radius 2 is 1.56 bits per heavy atom. The van der Waals surface area contributed by atoms with Gasteiger partial charge in [0.1, 0.15) is 22.8 Å². The number of fused-ring (bicyclic) bond motifs is 1. The first-order chi connectivity index (χ1) is 17.0. The summed E-state index contributed by atoms with van der Waals surface area (Å²) >= 11 is 11.9. The van der Waals surface area contributed by atoms with Crippen LogP contribution in [0.4, 0.5) is 13.2 Å². The molecule has 186 valence electrons. The van der Waals surface area contributed by atoms with E-state index in [0.717, 1.165) is 6.07 Å². The van der Waals surface area contributed by atoms with Gasteiger partial charge in [-0.2, -0.15) is 13.2 Å². The minimum Gasteiger partial charge on any atom is -0.497 e. The van der Waals surface area contributed by atoms with E-state index in [1.807, 2.05) is 0 Å². The van der Waals surface area contributed by atoms with Crippen molar-refractivity contribution in [1.82, 2.24) is 0 Å². The number of benzene rings is 3. The van der Waals surface area contributed by atoms with Gasteiger partial charge in [-0.3, -0.25) is 4.79 Å². The van der Waals surface area contributed by atoms with Gasteiger partial charge in [-0.1, -0.05) is 29.3 Å². The average Bonchev–Trinajstić information content (AvgIpc) is 2.83. The zero-order valence-electron chi connectivity index (χ0n) is 18.5. The lowest BCUT2D eigenvalue weighted by Crippen LogP contribution is -2.16. The maximum atomic E-state index is 13.9. The summed E-state index contributed by atoms with van der Waals surface area (Å²) in [5.41, 5.74) is -2.29. The van der Waals surface area contributed by atoms with Crippen LogP contribution < -0.4 is 19.6 Å². The number of hydrogen-bond donors (Lipinski definition) is 0. The van der Waals surface area contributed by atoms with Crippen molar-refractivity contribution in [3.8, 4) is 28.4 Å². The predicted molar refractivity (Wildman–Crippen MR) is 127 cm³/mol. The van der Waals surface area contributed by atoms with E-state index in [4.69, 9.17) is 41.8 Å². The van der Waals surface area contributed by atoms with Gasteiger partial charge in [-0.05, 0) is 36.4 Å². The number of carbonyl (C=O) groups excluding carboxylic acids is 1. The Bertz CT molecular complexity index is 1520. The molecule has 3 aromatic carbocycles. The summed E-state index contributed by atoms with van der Waals surface area (Å²) in [6, 6.07) is 11.6. The molecule has 0 N–H and O–H groups in total. The van der Waals surface area contributed by atoms with Crippen LogP contribution in [-0.4, -0.2) is 20.2 Å². The molecule has 0 aliphatic heterocycles. The van der Waals surface area contributed by atoms with Crippen LogP contribution in [0, 0.1) is 0 Å². The highest BCUT2D eigenvalue weighted by Crippen LogP contribution is 2.40. The van der Waals surface area contributed by atoms with E-state index >= 15 is 0 Å². The maximum Gasteiger partial charge on any atom is 0.450 e. The fourth-order valence-electron chi connectivity index (χ4n) is 3.46. The minimum atomic E-state index is -5.03. The molecular formula is C25H15Cl2F3O6. The molecule has 6 nitrogen and oxygen atoms in total. The molecule has 1 aromatic heterocycles. The van der Waals surface area contributed by atoms with Gasteiger partial charge in [-0.25, -0.2) is 4.79 Å². The zero-order valence-corrected chi connectivity index (χ0v) is 20.0. The van der Waals surface area contributed by atoms with E-state index in [0.29, 0.717) is 11.5 Å². The highest BCUT2D eigenvalue weighted by Gasteiger charge is 2.40. The number of esters is 1. The maximum absolute atomic E-state index is 13.9. The summed E-state index contributed by atoms with van der Waals surface area (Å²) in [6.07, 6.45) is -5.03. The molecule has 4 rings (SSSR count). The van der Waals surface area contributed by atoms with Crippen molar-refractivity contribution >= 4 is 40.1 Å². The van der Waals surface area contributed by atoms with Crippen LogP contribution in [0.15, 0.2) is 63.8 Å². The molecule has 0 fully saturated rings. The normalized spacial score (nSPS) is 11.4. The van der Waals surface area contributed by atoms with Gasteiger partial charge in [0.05, 0.1) is 35.8 Å². The summed E-state index contributed by atoms with van der Waals surface area (Å²) in [7, 11) is 2.80. The monoisotopic (exact) mass is 538 g/mol. The molecule has 0 radical (unpaired) electrons. The van der Waals surface area contributed by atoms with Crippen molar-refractivity contribution in [2.75, 3.05) is 14.2 Å². The van der Waals surface area contributed by atoms with E-state index in [9.17, 15) is 22.8 Å². The number of hydrogen-bond acceptors (Lipinski definition) is 6. The molecule has 0 saturated carbocycles. The van der Waals surface area contributed by atoms with E-state index in [-0.39, 0.29) is 32.3 Å². The van der Waals surface area contributed by atoms with Crippen LogP contribution in [0.2, 0.25) is 10.0 Å². The van der Waals surface area contributed by atoms with Gasteiger partial charge in [0.25, 0.3) is 0 Å². The summed E-state index contributed by atoms with van der Waals surface area (Å²) < 4.78 is 62.4. The first kappa shape index (κ1) is 25.4. The summed E-state index contributed by atoms with van der Waals surface area (Å²) in [6.45, 7) is 0. The number of carbonyl (C=O) groups is 1. The fourth-order valence-corrected chi connectivity index (χ4v) is 3.97. The van der Waals surface area contributed by atoms with Crippen molar-refractivity contribution in [1.29, 1.82) is 0 Å². The first-order valence-corrected chi connectivity index (χ1v) is 10.9. The van der Waals surface area contributed by atoms with Crippen LogP contribution in [-0.2, 0) is 6.18 Å². The Balaban J connectivity index is 1.81. The smallest absolute Gasteiger partial charge is 0.450 e. The SMILES string of the molecule is COc1cc(OC)cc(C(=O)Oc2ccc3c(=O)c(-c4ccc(Cl)cc4Cl)c(C(F)(F)F)oc3c2)c1. The Morgan fingerprint density at radius 1 is 0.889 bits per heavy atom. The Hall–Kier alpha value is -3.69. The van der Waals surface area contributed by atoms with Gasteiger partial charge in [0.15, 0.2) is 0 Å².